The van der Waals surface area contributed by atoms with Crippen LogP contribution in [0.2, 0.25) is 0 Å². The van der Waals surface area contributed by atoms with Crippen LogP contribution in [0.25, 0.3) is 11.0 Å². The quantitative estimate of drug-likeness (QED) is 0.768. The number of pyridine rings is 1. The lowest BCUT2D eigenvalue weighted by Gasteiger charge is -2.04. The van der Waals surface area contributed by atoms with Gasteiger partial charge in [0.25, 0.3) is 0 Å². The van der Waals surface area contributed by atoms with Gasteiger partial charge in [0.1, 0.15) is 11.7 Å². The van der Waals surface area contributed by atoms with E-state index in [2.05, 4.69) is 4.98 Å². The second-order valence-electron chi connectivity index (χ2n) is 3.81. The Balaban J connectivity index is 2.15. The number of nitrogens with zero attached hydrogens (tertiary/aromatic N) is 3. The molecule has 0 spiro atoms. The van der Waals surface area contributed by atoms with Crippen LogP contribution in [0.5, 0.6) is 0 Å². The van der Waals surface area contributed by atoms with E-state index in [1.807, 2.05) is 22.9 Å². The van der Waals surface area contributed by atoms with Gasteiger partial charge >= 0.3 is 5.97 Å². The normalized spacial score (nSPS) is 10.2. The topological polar surface area (TPSA) is 67.9 Å². The van der Waals surface area contributed by atoms with Crippen LogP contribution >= 0.6 is 0 Å². The third-order valence-corrected chi connectivity index (χ3v) is 2.59. The van der Waals surface area contributed by atoms with Gasteiger partial charge in [0.05, 0.1) is 18.6 Å². The number of rotatable bonds is 4. The van der Waals surface area contributed by atoms with E-state index in [-0.39, 0.29) is 5.97 Å². The summed E-state index contributed by atoms with van der Waals surface area (Å²) in [6.07, 6.45) is 3.71. The average molecular weight is 243 g/mol. The fourth-order valence-corrected chi connectivity index (χ4v) is 1.76. The van der Waals surface area contributed by atoms with Crippen molar-refractivity contribution >= 4 is 17.0 Å². The van der Waals surface area contributed by atoms with Crippen LogP contribution in [0.15, 0.2) is 24.5 Å². The number of esters is 1. The van der Waals surface area contributed by atoms with Gasteiger partial charge in [0, 0.05) is 24.3 Å². The molecule has 0 saturated heterocycles. The maximum absolute atomic E-state index is 11.3. The molecule has 92 valence electrons. The van der Waals surface area contributed by atoms with Crippen molar-refractivity contribution < 1.29 is 9.53 Å². The molecule has 0 amide bonds. The highest BCUT2D eigenvalue weighted by atomic mass is 16.5. The Morgan fingerprint density at radius 3 is 3.17 bits per heavy atom. The molecule has 0 aliphatic rings. The fraction of sp³-hybridized carbons (Fsp3) is 0.308. The first kappa shape index (κ1) is 12.1. The molecule has 0 bridgehead atoms. The average Bonchev–Trinajstić information content (AvgIpc) is 2.78. The summed E-state index contributed by atoms with van der Waals surface area (Å²) in [4.78, 5) is 15.5. The summed E-state index contributed by atoms with van der Waals surface area (Å²) in [6.45, 7) is 2.71. The van der Waals surface area contributed by atoms with E-state index in [4.69, 9.17) is 10.00 Å². The zero-order chi connectivity index (χ0) is 13.0. The molecule has 2 heterocycles. The lowest BCUT2D eigenvalue weighted by molar-refractivity contribution is -0.143. The van der Waals surface area contributed by atoms with Gasteiger partial charge in [-0.2, -0.15) is 5.26 Å². The molecule has 0 fully saturated rings. The van der Waals surface area contributed by atoms with Gasteiger partial charge in [0.15, 0.2) is 0 Å². The van der Waals surface area contributed by atoms with Gasteiger partial charge in [-0.15, -0.1) is 0 Å². The van der Waals surface area contributed by atoms with E-state index < -0.39 is 0 Å². The lowest BCUT2D eigenvalue weighted by atomic mass is 10.2. The summed E-state index contributed by atoms with van der Waals surface area (Å²) in [6, 6.07) is 5.71. The third-order valence-electron chi connectivity index (χ3n) is 2.59. The zero-order valence-electron chi connectivity index (χ0n) is 10.1. The van der Waals surface area contributed by atoms with Gasteiger partial charge in [-0.05, 0) is 19.1 Å². The molecule has 2 aromatic rings. The predicted octanol–water partition coefficient (Wildman–Crippen LogP) is 1.86. The maximum atomic E-state index is 11.3. The molecule has 0 N–H and O–H groups in total. The number of ether oxygens (including phenoxy) is 1. The molecule has 0 aliphatic carbocycles. The van der Waals surface area contributed by atoms with E-state index in [0.29, 0.717) is 25.1 Å². The molecule has 0 aromatic carbocycles. The Labute approximate surface area is 105 Å². The van der Waals surface area contributed by atoms with E-state index >= 15 is 0 Å². The minimum Gasteiger partial charge on any atom is -0.466 e. The van der Waals surface area contributed by atoms with Crippen molar-refractivity contribution in [1.82, 2.24) is 9.55 Å². The Morgan fingerprint density at radius 1 is 1.61 bits per heavy atom. The molecule has 5 nitrogen and oxygen atoms in total. The van der Waals surface area contributed by atoms with E-state index in [9.17, 15) is 4.79 Å². The van der Waals surface area contributed by atoms with Crippen molar-refractivity contribution in [3.05, 3.63) is 30.1 Å². The summed E-state index contributed by atoms with van der Waals surface area (Å²) in [5, 5.41) is 9.68. The molecule has 0 saturated carbocycles. The van der Waals surface area contributed by atoms with Gasteiger partial charge in [0.2, 0.25) is 0 Å². The van der Waals surface area contributed by atoms with Crippen molar-refractivity contribution in [3.8, 4) is 6.07 Å². The molecule has 2 aromatic heterocycles. The number of aryl methyl sites for hydroxylation is 1. The Morgan fingerprint density at radius 2 is 2.44 bits per heavy atom. The van der Waals surface area contributed by atoms with Gasteiger partial charge in [-0.3, -0.25) is 4.79 Å². The molecule has 0 radical (unpaired) electrons. The van der Waals surface area contributed by atoms with Crippen molar-refractivity contribution in [2.24, 2.45) is 0 Å². The molecule has 5 heteroatoms. The first-order chi connectivity index (χ1) is 8.74. The summed E-state index contributed by atoms with van der Waals surface area (Å²) in [7, 11) is 0. The minimum atomic E-state index is -0.215. The van der Waals surface area contributed by atoms with Gasteiger partial charge < -0.3 is 9.30 Å². The van der Waals surface area contributed by atoms with E-state index in [0.717, 1.165) is 11.0 Å². The number of hydrogen-bond acceptors (Lipinski definition) is 4. The van der Waals surface area contributed by atoms with Crippen molar-refractivity contribution in [1.29, 1.82) is 5.26 Å². The van der Waals surface area contributed by atoms with Crippen LogP contribution in [0, 0.1) is 11.3 Å². The molecule has 0 atom stereocenters. The van der Waals surface area contributed by atoms with Crippen LogP contribution in [0.1, 0.15) is 18.9 Å². The number of aromatic nitrogens is 2. The molecular formula is C13H13N3O2. The first-order valence-electron chi connectivity index (χ1n) is 5.75. The largest absolute Gasteiger partial charge is 0.466 e. The first-order valence-corrected chi connectivity index (χ1v) is 5.75. The van der Waals surface area contributed by atoms with Crippen molar-refractivity contribution in [2.75, 3.05) is 6.61 Å². The molecule has 0 unspecified atom stereocenters. The van der Waals surface area contributed by atoms with Crippen LogP contribution in [-0.4, -0.2) is 22.1 Å². The van der Waals surface area contributed by atoms with Gasteiger partial charge in [-0.25, -0.2) is 4.98 Å². The third kappa shape index (κ3) is 2.48. The highest BCUT2D eigenvalue weighted by Crippen LogP contribution is 2.15. The van der Waals surface area contributed by atoms with Crippen LogP contribution in [-0.2, 0) is 16.1 Å². The second-order valence-corrected chi connectivity index (χ2v) is 3.81. The van der Waals surface area contributed by atoms with E-state index in [1.54, 1.807) is 13.0 Å². The Bertz CT molecular complexity index is 610. The summed E-state index contributed by atoms with van der Waals surface area (Å²) >= 11 is 0. The van der Waals surface area contributed by atoms with Crippen LogP contribution in [0.4, 0.5) is 0 Å². The SMILES string of the molecule is CCOC(=O)CCn1ccc2cc(C#N)cnc21. The summed E-state index contributed by atoms with van der Waals surface area (Å²) in [5.41, 5.74) is 1.31. The second kappa shape index (κ2) is 5.32. The summed E-state index contributed by atoms with van der Waals surface area (Å²) in [5.74, 6) is -0.215. The standard InChI is InChI=1S/C13H13N3O2/c1-2-18-12(17)4-6-16-5-3-11-7-10(8-14)9-15-13(11)16/h3,5,7,9H,2,4,6H2,1H3. The lowest BCUT2D eigenvalue weighted by Crippen LogP contribution is -2.08. The number of nitriles is 1. The van der Waals surface area contributed by atoms with Crippen LogP contribution < -0.4 is 0 Å². The fourth-order valence-electron chi connectivity index (χ4n) is 1.76. The monoisotopic (exact) mass is 243 g/mol. The van der Waals surface area contributed by atoms with Crippen molar-refractivity contribution in [2.45, 2.75) is 19.9 Å². The molecule has 2 rings (SSSR count). The Hall–Kier alpha value is -2.35. The smallest absolute Gasteiger partial charge is 0.307 e. The zero-order valence-corrected chi connectivity index (χ0v) is 10.1. The molecular weight excluding hydrogens is 230 g/mol. The number of carbonyl (C=O) groups is 1. The van der Waals surface area contributed by atoms with Crippen molar-refractivity contribution in [3.63, 3.8) is 0 Å². The molecule has 0 aliphatic heterocycles. The number of hydrogen-bond donors (Lipinski definition) is 0. The maximum Gasteiger partial charge on any atom is 0.307 e. The summed E-state index contributed by atoms with van der Waals surface area (Å²) < 4.78 is 6.76. The predicted molar refractivity (Wildman–Crippen MR) is 65.7 cm³/mol. The van der Waals surface area contributed by atoms with Crippen LogP contribution in [0.3, 0.4) is 0 Å². The Kier molecular flexibility index (Phi) is 3.58. The number of carbonyl (C=O) groups excluding carboxylic acids is 1. The van der Waals surface area contributed by atoms with Gasteiger partial charge in [-0.1, -0.05) is 0 Å². The minimum absolute atomic E-state index is 0.215. The van der Waals surface area contributed by atoms with E-state index in [1.165, 1.54) is 6.20 Å². The highest BCUT2D eigenvalue weighted by molar-refractivity contribution is 5.77. The molecule has 18 heavy (non-hydrogen) atoms. The highest BCUT2D eigenvalue weighted by Gasteiger charge is 2.06. The number of fused-ring (bicyclic) bond motifs is 1.